The van der Waals surface area contributed by atoms with Gasteiger partial charge in [0, 0.05) is 0 Å². The number of nitrogens with one attached hydrogen (secondary N) is 1. The molecule has 0 aliphatic carbocycles. The first-order chi connectivity index (χ1) is 14.4. The average molecular weight is 412 g/mol. The minimum atomic E-state index is -1.34. The molecule has 2 heterocycles. The van der Waals surface area contributed by atoms with Crippen LogP contribution in [0.5, 0.6) is 23.0 Å². The van der Waals surface area contributed by atoms with E-state index in [1.165, 1.54) is 20.3 Å². The summed E-state index contributed by atoms with van der Waals surface area (Å²) < 4.78 is 21.0. The Balaban J connectivity index is 1.60. The highest BCUT2D eigenvalue weighted by Crippen LogP contribution is 2.38. The number of amides is 3. The normalized spacial score (nSPS) is 19.6. The number of rotatable bonds is 6. The van der Waals surface area contributed by atoms with Crippen LogP contribution in [0.2, 0.25) is 0 Å². The van der Waals surface area contributed by atoms with Gasteiger partial charge in [0.15, 0.2) is 17.3 Å². The minimum absolute atomic E-state index is 0.0960. The molecule has 4 rings (SSSR count). The highest BCUT2D eigenvalue weighted by Gasteiger charge is 2.50. The van der Waals surface area contributed by atoms with Gasteiger partial charge in [-0.15, -0.1) is 0 Å². The lowest BCUT2D eigenvalue weighted by Gasteiger charge is -2.22. The minimum Gasteiger partial charge on any atom is -0.497 e. The largest absolute Gasteiger partial charge is 0.497 e. The van der Waals surface area contributed by atoms with E-state index < -0.39 is 29.8 Å². The standard InChI is InChI=1S/C21H20N2O7/c1-21(12-4-6-17-18(8-12)30-11-29-17)19(25)23(20(26)22-21)10-15(24)14-9-13(27-2)5-7-16(14)28-3/h4-9H,10-11H2,1-3H3,(H,22,26). The van der Waals surface area contributed by atoms with Crippen LogP contribution in [0.1, 0.15) is 22.8 Å². The van der Waals surface area contributed by atoms with Crippen molar-refractivity contribution in [3.05, 3.63) is 47.5 Å². The number of ketones is 1. The van der Waals surface area contributed by atoms with Crippen molar-refractivity contribution in [2.75, 3.05) is 27.6 Å². The first-order valence-electron chi connectivity index (χ1n) is 9.17. The second-order valence-electron chi connectivity index (χ2n) is 7.00. The van der Waals surface area contributed by atoms with E-state index in [0.717, 1.165) is 4.90 Å². The number of nitrogens with zero attached hydrogens (tertiary/aromatic N) is 1. The van der Waals surface area contributed by atoms with Gasteiger partial charge in [-0.05, 0) is 42.8 Å². The number of benzene rings is 2. The molecule has 2 aromatic carbocycles. The van der Waals surface area contributed by atoms with Crippen LogP contribution in [0.25, 0.3) is 0 Å². The Kier molecular flexibility index (Phi) is 4.73. The molecule has 9 heteroatoms. The third-order valence-corrected chi connectivity index (χ3v) is 5.23. The van der Waals surface area contributed by atoms with Gasteiger partial charge in [-0.1, -0.05) is 6.07 Å². The van der Waals surface area contributed by atoms with E-state index in [9.17, 15) is 14.4 Å². The summed E-state index contributed by atoms with van der Waals surface area (Å²) in [6, 6.07) is 9.11. The van der Waals surface area contributed by atoms with E-state index in [4.69, 9.17) is 18.9 Å². The van der Waals surface area contributed by atoms with Crippen LogP contribution in [-0.4, -0.2) is 50.2 Å². The number of imide groups is 1. The number of urea groups is 1. The first-order valence-corrected chi connectivity index (χ1v) is 9.17. The molecule has 0 aromatic heterocycles. The summed E-state index contributed by atoms with van der Waals surface area (Å²) in [6.45, 7) is 1.24. The van der Waals surface area contributed by atoms with Gasteiger partial charge in [-0.2, -0.15) is 0 Å². The number of hydrogen-bond acceptors (Lipinski definition) is 7. The number of methoxy groups -OCH3 is 2. The van der Waals surface area contributed by atoms with Crippen LogP contribution in [0.15, 0.2) is 36.4 Å². The number of fused-ring (bicyclic) bond motifs is 1. The van der Waals surface area contributed by atoms with Gasteiger partial charge in [0.25, 0.3) is 5.91 Å². The van der Waals surface area contributed by atoms with E-state index in [0.29, 0.717) is 28.6 Å². The van der Waals surface area contributed by atoms with Crippen LogP contribution in [0.4, 0.5) is 4.79 Å². The van der Waals surface area contributed by atoms with Crippen molar-refractivity contribution in [2.24, 2.45) is 0 Å². The number of hydrogen-bond donors (Lipinski definition) is 1. The van der Waals surface area contributed by atoms with Crippen molar-refractivity contribution in [2.45, 2.75) is 12.5 Å². The maximum Gasteiger partial charge on any atom is 0.325 e. The van der Waals surface area contributed by atoms with Crippen LogP contribution >= 0.6 is 0 Å². The summed E-state index contributed by atoms with van der Waals surface area (Å²) in [5.74, 6) is 0.849. The monoisotopic (exact) mass is 412 g/mol. The Labute approximate surface area is 172 Å². The van der Waals surface area contributed by atoms with Crippen LogP contribution in [-0.2, 0) is 10.3 Å². The predicted molar refractivity (Wildman–Crippen MR) is 104 cm³/mol. The predicted octanol–water partition coefficient (Wildman–Crippen LogP) is 2.08. The van der Waals surface area contributed by atoms with E-state index in [1.54, 1.807) is 37.3 Å². The van der Waals surface area contributed by atoms with Crippen LogP contribution in [0, 0.1) is 0 Å². The zero-order chi connectivity index (χ0) is 21.5. The second kappa shape index (κ2) is 7.25. The molecule has 0 spiro atoms. The maximum absolute atomic E-state index is 13.1. The zero-order valence-corrected chi connectivity index (χ0v) is 16.7. The average Bonchev–Trinajstić information content (AvgIpc) is 3.31. The molecule has 1 atom stereocenters. The first kappa shape index (κ1) is 19.6. The van der Waals surface area contributed by atoms with Gasteiger partial charge in [-0.25, -0.2) is 4.79 Å². The Morgan fingerprint density at radius 2 is 1.87 bits per heavy atom. The van der Waals surface area contributed by atoms with Crippen molar-refractivity contribution in [1.82, 2.24) is 10.2 Å². The molecule has 0 bridgehead atoms. The lowest BCUT2D eigenvalue weighted by molar-refractivity contribution is -0.130. The third-order valence-electron chi connectivity index (χ3n) is 5.23. The van der Waals surface area contributed by atoms with Crippen LogP contribution in [0.3, 0.4) is 0 Å². The van der Waals surface area contributed by atoms with Gasteiger partial charge >= 0.3 is 6.03 Å². The van der Waals surface area contributed by atoms with Gasteiger partial charge in [-0.3, -0.25) is 14.5 Å². The third kappa shape index (κ3) is 3.08. The molecule has 1 fully saturated rings. The Morgan fingerprint density at radius 1 is 1.10 bits per heavy atom. The molecule has 2 aliphatic rings. The molecule has 0 saturated carbocycles. The highest BCUT2D eigenvalue weighted by molar-refractivity contribution is 6.11. The number of Topliss-reactive ketones (excluding diaryl/α,β-unsaturated/α-hetero) is 1. The molecule has 9 nitrogen and oxygen atoms in total. The summed E-state index contributed by atoms with van der Waals surface area (Å²) in [5.41, 5.74) is -0.593. The molecule has 2 aromatic rings. The number of carbonyl (C=O) groups excluding carboxylic acids is 3. The molecule has 1 unspecified atom stereocenters. The molecule has 1 N–H and O–H groups in total. The Hall–Kier alpha value is -3.75. The van der Waals surface area contributed by atoms with Gasteiger partial charge in [0.05, 0.1) is 26.3 Å². The fraction of sp³-hybridized carbons (Fsp3) is 0.286. The number of ether oxygens (including phenoxy) is 4. The van der Waals surface area contributed by atoms with Gasteiger partial charge < -0.3 is 24.3 Å². The molecule has 3 amide bonds. The molecule has 0 radical (unpaired) electrons. The van der Waals surface area contributed by atoms with Crippen molar-refractivity contribution in [3.63, 3.8) is 0 Å². The number of carbonyl (C=O) groups is 3. The fourth-order valence-corrected chi connectivity index (χ4v) is 3.50. The summed E-state index contributed by atoms with van der Waals surface area (Å²) in [4.78, 5) is 39.5. The van der Waals surface area contributed by atoms with Gasteiger partial charge in [0.2, 0.25) is 6.79 Å². The van der Waals surface area contributed by atoms with E-state index in [1.807, 2.05) is 0 Å². The highest BCUT2D eigenvalue weighted by atomic mass is 16.7. The Morgan fingerprint density at radius 3 is 2.60 bits per heavy atom. The molecule has 2 aliphatic heterocycles. The summed E-state index contributed by atoms with van der Waals surface area (Å²) in [6.07, 6.45) is 0. The molecule has 156 valence electrons. The lowest BCUT2D eigenvalue weighted by atomic mass is 9.91. The van der Waals surface area contributed by atoms with Gasteiger partial charge in [0.1, 0.15) is 17.0 Å². The van der Waals surface area contributed by atoms with Crippen molar-refractivity contribution < 1.29 is 33.3 Å². The van der Waals surface area contributed by atoms with E-state index in [-0.39, 0.29) is 12.4 Å². The van der Waals surface area contributed by atoms with Crippen molar-refractivity contribution in [3.8, 4) is 23.0 Å². The summed E-state index contributed by atoms with van der Waals surface area (Å²) >= 11 is 0. The zero-order valence-electron chi connectivity index (χ0n) is 16.7. The van der Waals surface area contributed by atoms with Crippen molar-refractivity contribution in [1.29, 1.82) is 0 Å². The topological polar surface area (TPSA) is 103 Å². The SMILES string of the molecule is COc1ccc(OC)c(C(=O)CN2C(=O)NC(C)(c3ccc4c(c3)OCO4)C2=O)c1. The molecule has 1 saturated heterocycles. The van der Waals surface area contributed by atoms with Crippen molar-refractivity contribution >= 4 is 17.7 Å². The smallest absolute Gasteiger partial charge is 0.325 e. The summed E-state index contributed by atoms with van der Waals surface area (Å²) in [5, 5.41) is 2.68. The molecular weight excluding hydrogens is 392 g/mol. The fourth-order valence-electron chi connectivity index (χ4n) is 3.50. The lowest BCUT2D eigenvalue weighted by Crippen LogP contribution is -2.41. The van der Waals surface area contributed by atoms with E-state index in [2.05, 4.69) is 5.32 Å². The summed E-state index contributed by atoms with van der Waals surface area (Å²) in [7, 11) is 2.91. The maximum atomic E-state index is 13.1. The molecular formula is C21H20N2O7. The van der Waals surface area contributed by atoms with E-state index >= 15 is 0 Å². The molecule has 30 heavy (non-hydrogen) atoms. The second-order valence-corrected chi connectivity index (χ2v) is 7.00. The quantitative estimate of drug-likeness (QED) is 0.572. The Bertz CT molecular complexity index is 1050. The van der Waals surface area contributed by atoms with Crippen LogP contribution < -0.4 is 24.3 Å².